The van der Waals surface area contributed by atoms with E-state index in [-0.39, 0.29) is 12.0 Å². The number of nitrogens with zero attached hydrogens (tertiary/aromatic N) is 1. The van der Waals surface area contributed by atoms with E-state index in [4.69, 9.17) is 4.74 Å². The van der Waals surface area contributed by atoms with Crippen LogP contribution in [0.1, 0.15) is 59.3 Å². The highest BCUT2D eigenvalue weighted by Crippen LogP contribution is 2.55. The summed E-state index contributed by atoms with van der Waals surface area (Å²) in [5.41, 5.74) is 0. The van der Waals surface area contributed by atoms with Crippen LogP contribution in [0.5, 0.6) is 0 Å². The first-order valence-corrected chi connectivity index (χ1v) is 8.45. The molecule has 0 aromatic heterocycles. The van der Waals surface area contributed by atoms with Crippen molar-refractivity contribution in [2.45, 2.75) is 71.4 Å². The molecule has 20 heavy (non-hydrogen) atoms. The van der Waals surface area contributed by atoms with Crippen LogP contribution in [0.3, 0.4) is 0 Å². The average Bonchev–Trinajstić information content (AvgIpc) is 2.90. The van der Waals surface area contributed by atoms with Gasteiger partial charge in [0.1, 0.15) is 6.04 Å². The van der Waals surface area contributed by atoms with Crippen molar-refractivity contribution in [3.63, 3.8) is 0 Å². The van der Waals surface area contributed by atoms with Crippen molar-refractivity contribution in [2.75, 3.05) is 13.7 Å². The molecule has 2 aliphatic rings. The van der Waals surface area contributed by atoms with E-state index >= 15 is 0 Å². The molecule has 5 atom stereocenters. The van der Waals surface area contributed by atoms with Gasteiger partial charge in [-0.25, -0.2) is 0 Å². The molecule has 116 valence electrons. The quantitative estimate of drug-likeness (QED) is 0.504. The lowest BCUT2D eigenvalue weighted by molar-refractivity contribution is -0.148. The molecule has 3 nitrogen and oxygen atoms in total. The predicted molar refractivity (Wildman–Crippen MR) is 81.5 cm³/mol. The summed E-state index contributed by atoms with van der Waals surface area (Å²) in [6.07, 6.45) is 7.84. The van der Waals surface area contributed by atoms with Crippen LogP contribution in [0.25, 0.3) is 0 Å². The van der Waals surface area contributed by atoms with E-state index in [1.165, 1.54) is 45.6 Å². The van der Waals surface area contributed by atoms with Gasteiger partial charge in [0.25, 0.3) is 0 Å². The Morgan fingerprint density at radius 2 is 2.00 bits per heavy atom. The minimum atomic E-state index is -0.0142. The first-order chi connectivity index (χ1) is 9.61. The highest BCUT2D eigenvalue weighted by Gasteiger charge is 2.62. The largest absolute Gasteiger partial charge is 0.468 e. The zero-order valence-corrected chi connectivity index (χ0v) is 13.6. The Hall–Kier alpha value is -0.570. The summed E-state index contributed by atoms with van der Waals surface area (Å²) in [6, 6.07) is 0.548. The molecule has 1 aliphatic carbocycles. The summed E-state index contributed by atoms with van der Waals surface area (Å²) in [7, 11) is 1.52. The Kier molecular flexibility index (Phi) is 5.48. The number of rotatable bonds is 8. The molecule has 0 amide bonds. The third kappa shape index (κ3) is 3.19. The van der Waals surface area contributed by atoms with E-state index < -0.39 is 0 Å². The van der Waals surface area contributed by atoms with Crippen molar-refractivity contribution < 1.29 is 9.53 Å². The van der Waals surface area contributed by atoms with Gasteiger partial charge in [0, 0.05) is 12.6 Å². The van der Waals surface area contributed by atoms with Gasteiger partial charge in [0.05, 0.1) is 7.11 Å². The van der Waals surface area contributed by atoms with Crippen molar-refractivity contribution in [1.82, 2.24) is 4.90 Å². The van der Waals surface area contributed by atoms with Crippen LogP contribution < -0.4 is 0 Å². The minimum Gasteiger partial charge on any atom is -0.468 e. The lowest BCUT2D eigenvalue weighted by Gasteiger charge is -2.32. The molecule has 0 aromatic carbocycles. The van der Waals surface area contributed by atoms with Crippen molar-refractivity contribution in [2.24, 2.45) is 17.8 Å². The number of esters is 1. The standard InChI is InChI=1S/C17H31NO2/c1-5-6-7-8-9-10-12(2)18-11-14-13(3)15(14)16(18)17(19)20-4/h12-16H,5-11H2,1-4H3/t12?,13-,14?,15?,16-/m0/s1. The summed E-state index contributed by atoms with van der Waals surface area (Å²) in [5.74, 6) is 2.00. The molecular weight excluding hydrogens is 250 g/mol. The van der Waals surface area contributed by atoms with E-state index in [9.17, 15) is 4.79 Å². The van der Waals surface area contributed by atoms with Crippen molar-refractivity contribution in [3.8, 4) is 0 Å². The number of hydrogen-bond donors (Lipinski definition) is 0. The molecule has 1 saturated heterocycles. The molecule has 0 spiro atoms. The molecule has 1 saturated carbocycles. The normalized spacial score (nSPS) is 33.8. The Bertz CT molecular complexity index is 331. The number of ether oxygens (including phenoxy) is 1. The molecular formula is C17H31NO2. The molecule has 1 aliphatic heterocycles. The Labute approximate surface area is 124 Å². The first-order valence-electron chi connectivity index (χ1n) is 8.45. The van der Waals surface area contributed by atoms with Gasteiger partial charge in [-0.05, 0) is 31.1 Å². The molecule has 0 aromatic rings. The number of methoxy groups -OCH3 is 1. The molecule has 3 unspecified atom stereocenters. The number of hydrogen-bond acceptors (Lipinski definition) is 3. The van der Waals surface area contributed by atoms with E-state index in [1.54, 1.807) is 0 Å². The highest BCUT2D eigenvalue weighted by molar-refractivity contribution is 5.77. The Morgan fingerprint density at radius 3 is 2.65 bits per heavy atom. The SMILES string of the molecule is CCCCCCCC(C)N1CC2C([C@H]2C)[C@H]1C(=O)OC. The van der Waals surface area contributed by atoms with Crippen LogP contribution in [0.15, 0.2) is 0 Å². The van der Waals surface area contributed by atoms with E-state index in [0.717, 1.165) is 12.5 Å². The van der Waals surface area contributed by atoms with Gasteiger partial charge in [0.15, 0.2) is 0 Å². The Balaban J connectivity index is 1.80. The van der Waals surface area contributed by atoms with Crippen LogP contribution in [-0.2, 0) is 9.53 Å². The monoisotopic (exact) mass is 281 g/mol. The van der Waals surface area contributed by atoms with Gasteiger partial charge in [-0.15, -0.1) is 0 Å². The number of piperidine rings is 1. The van der Waals surface area contributed by atoms with Crippen molar-refractivity contribution in [1.29, 1.82) is 0 Å². The maximum absolute atomic E-state index is 12.1. The van der Waals surface area contributed by atoms with Crippen LogP contribution in [0.4, 0.5) is 0 Å². The fourth-order valence-corrected chi connectivity index (χ4v) is 4.04. The lowest BCUT2D eigenvalue weighted by Crippen LogP contribution is -2.46. The van der Waals surface area contributed by atoms with E-state index in [1.807, 2.05) is 0 Å². The second-order valence-corrected chi connectivity index (χ2v) is 6.82. The zero-order valence-electron chi connectivity index (χ0n) is 13.6. The maximum atomic E-state index is 12.1. The second kappa shape index (κ2) is 6.93. The number of carbonyl (C=O) groups is 1. The maximum Gasteiger partial charge on any atom is 0.323 e. The van der Waals surface area contributed by atoms with Gasteiger partial charge >= 0.3 is 5.97 Å². The van der Waals surface area contributed by atoms with Gasteiger partial charge in [-0.1, -0.05) is 46.0 Å². The smallest absolute Gasteiger partial charge is 0.323 e. The number of carbonyl (C=O) groups excluding carboxylic acids is 1. The third-order valence-corrected chi connectivity index (χ3v) is 5.51. The summed E-state index contributed by atoms with van der Waals surface area (Å²) in [6.45, 7) is 7.91. The van der Waals surface area contributed by atoms with Gasteiger partial charge in [-0.3, -0.25) is 9.69 Å². The molecule has 0 N–H and O–H groups in total. The van der Waals surface area contributed by atoms with Crippen molar-refractivity contribution >= 4 is 5.97 Å². The van der Waals surface area contributed by atoms with Crippen LogP contribution in [0, 0.1) is 17.8 Å². The molecule has 1 heterocycles. The Morgan fingerprint density at radius 1 is 1.30 bits per heavy atom. The summed E-state index contributed by atoms with van der Waals surface area (Å²) < 4.78 is 5.04. The zero-order chi connectivity index (χ0) is 14.7. The predicted octanol–water partition coefficient (Wildman–Crippen LogP) is 3.47. The molecule has 0 bridgehead atoms. The minimum absolute atomic E-state index is 0.0142. The fraction of sp³-hybridized carbons (Fsp3) is 0.941. The van der Waals surface area contributed by atoms with Crippen LogP contribution in [-0.4, -0.2) is 36.6 Å². The topological polar surface area (TPSA) is 29.5 Å². The molecule has 0 radical (unpaired) electrons. The highest BCUT2D eigenvalue weighted by atomic mass is 16.5. The summed E-state index contributed by atoms with van der Waals surface area (Å²) >= 11 is 0. The summed E-state index contributed by atoms with van der Waals surface area (Å²) in [4.78, 5) is 14.5. The average molecular weight is 281 g/mol. The van der Waals surface area contributed by atoms with Gasteiger partial charge < -0.3 is 4.74 Å². The van der Waals surface area contributed by atoms with Crippen LogP contribution >= 0.6 is 0 Å². The van der Waals surface area contributed by atoms with E-state index in [0.29, 0.717) is 17.9 Å². The summed E-state index contributed by atoms with van der Waals surface area (Å²) in [5, 5.41) is 0. The van der Waals surface area contributed by atoms with Crippen molar-refractivity contribution in [3.05, 3.63) is 0 Å². The molecule has 3 heteroatoms. The van der Waals surface area contributed by atoms with Crippen LogP contribution in [0.2, 0.25) is 0 Å². The third-order valence-electron chi connectivity index (χ3n) is 5.51. The fourth-order valence-electron chi connectivity index (χ4n) is 4.04. The number of likely N-dealkylation sites (tertiary alicyclic amines) is 1. The lowest BCUT2D eigenvalue weighted by atomic mass is 10.0. The second-order valence-electron chi connectivity index (χ2n) is 6.82. The first kappa shape index (κ1) is 15.8. The number of fused-ring (bicyclic) bond motifs is 1. The van der Waals surface area contributed by atoms with Gasteiger partial charge in [-0.2, -0.15) is 0 Å². The van der Waals surface area contributed by atoms with E-state index in [2.05, 4.69) is 25.7 Å². The van der Waals surface area contributed by atoms with Gasteiger partial charge in [0.2, 0.25) is 0 Å². The number of unbranched alkanes of at least 4 members (excludes halogenated alkanes) is 4. The molecule has 2 fully saturated rings. The molecule has 2 rings (SSSR count).